The normalized spacial score (nSPS) is 22.8. The predicted octanol–water partition coefficient (Wildman–Crippen LogP) is 2.92. The molecular formula is C17H27NO2. The van der Waals surface area contributed by atoms with E-state index in [0.29, 0.717) is 6.10 Å². The molecule has 1 heterocycles. The maximum Gasteiger partial charge on any atom is 0.0942 e. The minimum absolute atomic E-state index is 0.0863. The fraction of sp³-hybridized carbons (Fsp3) is 0.647. The molecule has 1 aliphatic heterocycles. The molecule has 0 saturated carbocycles. The molecule has 0 amide bonds. The van der Waals surface area contributed by atoms with Gasteiger partial charge < -0.3 is 9.84 Å². The Morgan fingerprint density at radius 1 is 1.30 bits per heavy atom. The van der Waals surface area contributed by atoms with Crippen molar-refractivity contribution < 1.29 is 9.84 Å². The topological polar surface area (TPSA) is 32.7 Å². The molecule has 1 fully saturated rings. The van der Waals surface area contributed by atoms with Crippen molar-refractivity contribution in [1.82, 2.24) is 4.90 Å². The maximum atomic E-state index is 10.5. The molecule has 3 unspecified atom stereocenters. The molecule has 3 atom stereocenters. The highest BCUT2D eigenvalue weighted by molar-refractivity contribution is 5.23. The van der Waals surface area contributed by atoms with Crippen molar-refractivity contribution in [3.05, 3.63) is 35.4 Å². The summed E-state index contributed by atoms with van der Waals surface area (Å²) in [5.74, 6) is 0. The third-order valence-electron chi connectivity index (χ3n) is 4.34. The molecule has 0 bridgehead atoms. The van der Waals surface area contributed by atoms with Crippen LogP contribution in [0.1, 0.15) is 43.4 Å². The van der Waals surface area contributed by atoms with Crippen LogP contribution in [0, 0.1) is 6.92 Å². The highest BCUT2D eigenvalue weighted by Gasteiger charge is 2.24. The number of aliphatic hydroxyl groups is 1. The zero-order valence-electron chi connectivity index (χ0n) is 12.9. The van der Waals surface area contributed by atoms with E-state index in [0.717, 1.165) is 25.1 Å². The molecule has 0 radical (unpaired) electrons. The summed E-state index contributed by atoms with van der Waals surface area (Å²) in [4.78, 5) is 2.21. The molecule has 1 aliphatic rings. The van der Waals surface area contributed by atoms with Crippen LogP contribution in [-0.4, -0.2) is 42.4 Å². The second kappa shape index (κ2) is 7.21. The number of benzene rings is 1. The Bertz CT molecular complexity index is 398. The first-order valence-corrected chi connectivity index (χ1v) is 7.64. The summed E-state index contributed by atoms with van der Waals surface area (Å²) in [6.07, 6.45) is 3.44. The van der Waals surface area contributed by atoms with Crippen molar-refractivity contribution in [1.29, 1.82) is 0 Å². The Morgan fingerprint density at radius 2 is 2.00 bits per heavy atom. The fourth-order valence-corrected chi connectivity index (χ4v) is 2.72. The van der Waals surface area contributed by atoms with Crippen LogP contribution in [0.25, 0.3) is 0 Å². The van der Waals surface area contributed by atoms with Gasteiger partial charge in [0.05, 0.1) is 12.2 Å². The fourth-order valence-electron chi connectivity index (χ4n) is 2.72. The summed E-state index contributed by atoms with van der Waals surface area (Å²) in [7, 11) is 2.07. The smallest absolute Gasteiger partial charge is 0.0942 e. The van der Waals surface area contributed by atoms with Gasteiger partial charge in [0, 0.05) is 19.2 Å². The highest BCUT2D eigenvalue weighted by Crippen LogP contribution is 2.22. The van der Waals surface area contributed by atoms with Crippen LogP contribution < -0.4 is 0 Å². The highest BCUT2D eigenvalue weighted by atomic mass is 16.5. The minimum atomic E-state index is -0.454. The first-order valence-electron chi connectivity index (χ1n) is 7.64. The van der Waals surface area contributed by atoms with Gasteiger partial charge in [-0.1, -0.05) is 29.8 Å². The van der Waals surface area contributed by atoms with Crippen molar-refractivity contribution in [3.8, 4) is 0 Å². The van der Waals surface area contributed by atoms with E-state index in [4.69, 9.17) is 4.74 Å². The molecule has 1 aromatic carbocycles. The van der Waals surface area contributed by atoms with Crippen molar-refractivity contribution in [2.75, 3.05) is 20.2 Å². The van der Waals surface area contributed by atoms with Crippen LogP contribution in [-0.2, 0) is 4.74 Å². The molecule has 3 nitrogen and oxygen atoms in total. The molecule has 112 valence electrons. The summed E-state index contributed by atoms with van der Waals surface area (Å²) < 4.78 is 5.78. The Hall–Kier alpha value is -0.900. The summed E-state index contributed by atoms with van der Waals surface area (Å²) in [6.45, 7) is 5.91. The molecule has 1 N–H and O–H groups in total. The lowest BCUT2D eigenvalue weighted by Crippen LogP contribution is -2.41. The Labute approximate surface area is 122 Å². The Morgan fingerprint density at radius 3 is 2.60 bits per heavy atom. The molecule has 3 heteroatoms. The van der Waals surface area contributed by atoms with Crippen LogP contribution in [0.5, 0.6) is 0 Å². The van der Waals surface area contributed by atoms with Crippen molar-refractivity contribution in [2.24, 2.45) is 0 Å². The van der Waals surface area contributed by atoms with Crippen LogP contribution in [0.15, 0.2) is 24.3 Å². The monoisotopic (exact) mass is 277 g/mol. The largest absolute Gasteiger partial charge is 0.387 e. The van der Waals surface area contributed by atoms with Gasteiger partial charge in [-0.2, -0.15) is 0 Å². The van der Waals surface area contributed by atoms with Gasteiger partial charge in [-0.3, -0.25) is 4.90 Å². The summed E-state index contributed by atoms with van der Waals surface area (Å²) in [5, 5.41) is 10.5. The number of aliphatic hydroxyl groups excluding tert-OH is 1. The third kappa shape index (κ3) is 4.05. The van der Waals surface area contributed by atoms with E-state index >= 15 is 0 Å². The Kier molecular flexibility index (Phi) is 5.58. The Balaban J connectivity index is 1.91. The van der Waals surface area contributed by atoms with Gasteiger partial charge in [-0.15, -0.1) is 0 Å². The average Bonchev–Trinajstić information content (AvgIpc) is 2.47. The predicted molar refractivity (Wildman–Crippen MR) is 81.8 cm³/mol. The van der Waals surface area contributed by atoms with Gasteiger partial charge >= 0.3 is 0 Å². The molecular weight excluding hydrogens is 250 g/mol. The molecule has 20 heavy (non-hydrogen) atoms. The number of hydrogen-bond acceptors (Lipinski definition) is 3. The number of rotatable bonds is 5. The minimum Gasteiger partial charge on any atom is -0.387 e. The van der Waals surface area contributed by atoms with Gasteiger partial charge in [0.2, 0.25) is 0 Å². The van der Waals surface area contributed by atoms with Crippen LogP contribution in [0.4, 0.5) is 0 Å². The summed E-state index contributed by atoms with van der Waals surface area (Å²) >= 11 is 0. The first-order chi connectivity index (χ1) is 9.58. The lowest BCUT2D eigenvalue weighted by molar-refractivity contribution is -0.0208. The van der Waals surface area contributed by atoms with Crippen molar-refractivity contribution in [3.63, 3.8) is 0 Å². The standard InChI is InChI=1S/C17H27NO2/c1-13-7-9-15(10-8-13)17(19)14(2)18(3)12-16-6-4-5-11-20-16/h7-10,14,16-17,19H,4-6,11-12H2,1-3H3. The quantitative estimate of drug-likeness (QED) is 0.898. The van der Waals surface area contributed by atoms with E-state index in [1.807, 2.05) is 12.1 Å². The lowest BCUT2D eigenvalue weighted by atomic mass is 10.0. The molecule has 1 saturated heterocycles. The number of hydrogen-bond donors (Lipinski definition) is 1. The maximum absolute atomic E-state index is 10.5. The number of nitrogens with zero attached hydrogens (tertiary/aromatic N) is 1. The van der Waals surface area contributed by atoms with Gasteiger partial charge in [0.1, 0.15) is 0 Å². The summed E-state index contributed by atoms with van der Waals surface area (Å²) in [5.41, 5.74) is 2.21. The van der Waals surface area contributed by atoms with E-state index in [1.165, 1.54) is 18.4 Å². The van der Waals surface area contributed by atoms with Crippen LogP contribution in [0.2, 0.25) is 0 Å². The lowest BCUT2D eigenvalue weighted by Gasteiger charge is -2.33. The average molecular weight is 277 g/mol. The van der Waals surface area contributed by atoms with E-state index < -0.39 is 6.10 Å². The van der Waals surface area contributed by atoms with E-state index in [-0.39, 0.29) is 6.04 Å². The number of likely N-dealkylation sites (N-methyl/N-ethyl adjacent to an activating group) is 1. The molecule has 0 aromatic heterocycles. The SMILES string of the molecule is Cc1ccc(C(O)C(C)N(C)CC2CCCCO2)cc1. The van der Waals surface area contributed by atoms with Gasteiger partial charge in [0.15, 0.2) is 0 Å². The molecule has 0 spiro atoms. The first kappa shape index (κ1) is 15.5. The third-order valence-corrected chi connectivity index (χ3v) is 4.34. The van der Waals surface area contributed by atoms with Crippen LogP contribution in [0.3, 0.4) is 0 Å². The zero-order chi connectivity index (χ0) is 14.5. The van der Waals surface area contributed by atoms with Gasteiger partial charge in [0.25, 0.3) is 0 Å². The second-order valence-corrected chi connectivity index (χ2v) is 6.02. The van der Waals surface area contributed by atoms with E-state index in [1.54, 1.807) is 0 Å². The van der Waals surface area contributed by atoms with Gasteiger partial charge in [-0.25, -0.2) is 0 Å². The zero-order valence-corrected chi connectivity index (χ0v) is 12.9. The molecule has 1 aromatic rings. The van der Waals surface area contributed by atoms with Crippen molar-refractivity contribution >= 4 is 0 Å². The summed E-state index contributed by atoms with van der Waals surface area (Å²) in [6, 6.07) is 8.22. The second-order valence-electron chi connectivity index (χ2n) is 6.02. The molecule has 2 rings (SSSR count). The van der Waals surface area contributed by atoms with Crippen LogP contribution >= 0.6 is 0 Å². The van der Waals surface area contributed by atoms with E-state index in [9.17, 15) is 5.11 Å². The number of ether oxygens (including phenoxy) is 1. The number of aryl methyl sites for hydroxylation is 1. The van der Waals surface area contributed by atoms with E-state index in [2.05, 4.69) is 37.9 Å². The van der Waals surface area contributed by atoms with Crippen molar-refractivity contribution in [2.45, 2.75) is 51.4 Å². The molecule has 0 aliphatic carbocycles. The van der Waals surface area contributed by atoms with Gasteiger partial charge in [-0.05, 0) is 45.7 Å².